The van der Waals surface area contributed by atoms with Crippen LogP contribution in [0.15, 0.2) is 87.1 Å². The van der Waals surface area contributed by atoms with Crippen molar-refractivity contribution in [3.8, 4) is 5.75 Å². The van der Waals surface area contributed by atoms with E-state index in [4.69, 9.17) is 4.74 Å². The van der Waals surface area contributed by atoms with Crippen molar-refractivity contribution in [2.75, 3.05) is 23.7 Å². The minimum Gasteiger partial charge on any atom is -0.492 e. The molecule has 0 radical (unpaired) electrons. The molecule has 0 spiro atoms. The molecular formula is C31H38BrN3O5S2. The number of sulfonamides is 1. The Labute approximate surface area is 262 Å². The monoisotopic (exact) mass is 675 g/mol. The van der Waals surface area contributed by atoms with Gasteiger partial charge in [-0.1, -0.05) is 47.1 Å². The molecule has 2 amide bonds. The number of rotatable bonds is 14. The van der Waals surface area contributed by atoms with Gasteiger partial charge in [-0.3, -0.25) is 13.9 Å². The minimum absolute atomic E-state index is 0.0421. The molecule has 0 heterocycles. The van der Waals surface area contributed by atoms with E-state index in [1.54, 1.807) is 50.2 Å². The first-order valence-corrected chi connectivity index (χ1v) is 17.2. The molecule has 0 aromatic heterocycles. The Hall–Kier alpha value is -3.02. The maximum Gasteiger partial charge on any atom is 0.264 e. The van der Waals surface area contributed by atoms with Crippen LogP contribution in [0.25, 0.3) is 0 Å². The summed E-state index contributed by atoms with van der Waals surface area (Å²) in [5, 5.41) is 2.94. The number of para-hydroxylation sites is 2. The summed E-state index contributed by atoms with van der Waals surface area (Å²) in [5.74, 6) is -0.514. The molecule has 226 valence electrons. The first kappa shape index (κ1) is 33.5. The van der Waals surface area contributed by atoms with Gasteiger partial charge in [0.25, 0.3) is 10.0 Å². The lowest BCUT2D eigenvalue weighted by Crippen LogP contribution is -2.52. The summed E-state index contributed by atoms with van der Waals surface area (Å²) >= 11 is 4.97. The van der Waals surface area contributed by atoms with Crippen LogP contribution in [0.1, 0.15) is 39.7 Å². The second kappa shape index (κ2) is 15.5. The van der Waals surface area contributed by atoms with Crippen LogP contribution < -0.4 is 14.4 Å². The van der Waals surface area contributed by atoms with Crippen LogP contribution in [0.3, 0.4) is 0 Å². The predicted molar refractivity (Wildman–Crippen MR) is 172 cm³/mol. The number of hydrogen-bond donors (Lipinski definition) is 1. The van der Waals surface area contributed by atoms with Gasteiger partial charge in [-0.25, -0.2) is 8.42 Å². The fourth-order valence-electron chi connectivity index (χ4n) is 4.21. The van der Waals surface area contributed by atoms with E-state index in [0.717, 1.165) is 25.7 Å². The number of halogens is 1. The fraction of sp³-hybridized carbons (Fsp3) is 0.355. The molecule has 0 saturated heterocycles. The summed E-state index contributed by atoms with van der Waals surface area (Å²) < 4.78 is 36.0. The number of nitrogens with one attached hydrogen (secondary N) is 1. The van der Waals surface area contributed by atoms with E-state index >= 15 is 0 Å². The van der Waals surface area contributed by atoms with Crippen molar-refractivity contribution in [1.29, 1.82) is 0 Å². The van der Waals surface area contributed by atoms with E-state index in [1.807, 2.05) is 44.4 Å². The van der Waals surface area contributed by atoms with Gasteiger partial charge in [-0.2, -0.15) is 0 Å². The number of carbonyl (C=O) groups is 2. The third-order valence-electron chi connectivity index (χ3n) is 6.77. The Morgan fingerprint density at radius 2 is 1.69 bits per heavy atom. The van der Waals surface area contributed by atoms with E-state index in [0.29, 0.717) is 12.4 Å². The number of benzene rings is 3. The number of amides is 2. The number of anilines is 1. The van der Waals surface area contributed by atoms with Crippen LogP contribution >= 0.6 is 27.7 Å². The van der Waals surface area contributed by atoms with Crippen molar-refractivity contribution in [2.24, 2.45) is 0 Å². The second-order valence-corrected chi connectivity index (χ2v) is 13.4. The molecule has 0 saturated carbocycles. The Balaban J connectivity index is 2.08. The van der Waals surface area contributed by atoms with Gasteiger partial charge >= 0.3 is 0 Å². The Morgan fingerprint density at radius 3 is 2.31 bits per heavy atom. The van der Waals surface area contributed by atoms with Gasteiger partial charge < -0.3 is 15.0 Å². The van der Waals surface area contributed by atoms with Crippen molar-refractivity contribution in [3.05, 3.63) is 82.8 Å². The lowest BCUT2D eigenvalue weighted by molar-refractivity contribution is -0.139. The third kappa shape index (κ3) is 8.52. The lowest BCUT2D eigenvalue weighted by atomic mass is 10.1. The van der Waals surface area contributed by atoms with Crippen molar-refractivity contribution < 1.29 is 22.7 Å². The lowest BCUT2D eigenvalue weighted by Gasteiger charge is -2.33. The predicted octanol–water partition coefficient (Wildman–Crippen LogP) is 6.10. The van der Waals surface area contributed by atoms with Gasteiger partial charge in [-0.05, 0) is 87.5 Å². The highest BCUT2D eigenvalue weighted by molar-refractivity contribution is 9.10. The molecule has 42 heavy (non-hydrogen) atoms. The van der Waals surface area contributed by atoms with Crippen LogP contribution in [0.5, 0.6) is 5.75 Å². The molecule has 1 N–H and O–H groups in total. The SMILES string of the molecule is CCOc1ccccc1N(CC(=O)N(Cc1cccc(Br)c1)C(C)C(=O)NC(C)CC)S(=O)(=O)c1ccc(SC)cc1. The zero-order valence-corrected chi connectivity index (χ0v) is 27.8. The molecule has 0 bridgehead atoms. The molecule has 0 aliphatic rings. The average molecular weight is 677 g/mol. The second-order valence-electron chi connectivity index (χ2n) is 9.73. The normalized spacial score (nSPS) is 12.7. The summed E-state index contributed by atoms with van der Waals surface area (Å²) in [6, 6.07) is 19.7. The van der Waals surface area contributed by atoms with Crippen molar-refractivity contribution in [2.45, 2.75) is 62.5 Å². The van der Waals surface area contributed by atoms with Gasteiger partial charge in [0, 0.05) is 22.0 Å². The van der Waals surface area contributed by atoms with Gasteiger partial charge in [0.05, 0.1) is 17.2 Å². The third-order valence-corrected chi connectivity index (χ3v) is 9.78. The Bertz CT molecular complexity index is 1470. The Kier molecular flexibility index (Phi) is 12.3. The number of thioether (sulfide) groups is 1. The maximum absolute atomic E-state index is 14.1. The summed E-state index contributed by atoms with van der Waals surface area (Å²) in [6.07, 6.45) is 2.64. The van der Waals surface area contributed by atoms with Gasteiger partial charge in [0.15, 0.2) is 0 Å². The molecule has 11 heteroatoms. The van der Waals surface area contributed by atoms with E-state index in [1.165, 1.54) is 28.8 Å². The zero-order valence-electron chi connectivity index (χ0n) is 24.5. The molecule has 0 aliphatic heterocycles. The standard InChI is InChI=1S/C31H38BrN3O5S2/c1-6-22(3)33-31(37)23(4)34(20-24-11-10-12-25(32)19-24)30(36)21-35(28-13-8-9-14-29(28)40-7-2)42(38,39)27-17-15-26(41-5)16-18-27/h8-19,22-23H,6-7,20-21H2,1-5H3,(H,33,37). The number of carbonyl (C=O) groups excluding carboxylic acids is 2. The molecule has 2 atom stereocenters. The number of nitrogens with zero attached hydrogens (tertiary/aromatic N) is 2. The van der Waals surface area contributed by atoms with E-state index in [9.17, 15) is 18.0 Å². The first-order chi connectivity index (χ1) is 20.0. The van der Waals surface area contributed by atoms with Crippen molar-refractivity contribution in [1.82, 2.24) is 10.2 Å². The van der Waals surface area contributed by atoms with Gasteiger partial charge in [0.1, 0.15) is 18.3 Å². The molecule has 3 aromatic carbocycles. The average Bonchev–Trinajstić information content (AvgIpc) is 2.98. The highest BCUT2D eigenvalue weighted by Crippen LogP contribution is 2.33. The smallest absolute Gasteiger partial charge is 0.264 e. The van der Waals surface area contributed by atoms with Crippen LogP contribution in [-0.2, 0) is 26.2 Å². The van der Waals surface area contributed by atoms with Gasteiger partial charge in [-0.15, -0.1) is 11.8 Å². The number of hydrogen-bond acceptors (Lipinski definition) is 6. The highest BCUT2D eigenvalue weighted by atomic mass is 79.9. The highest BCUT2D eigenvalue weighted by Gasteiger charge is 2.34. The van der Waals surface area contributed by atoms with E-state index < -0.39 is 28.5 Å². The largest absolute Gasteiger partial charge is 0.492 e. The summed E-state index contributed by atoms with van der Waals surface area (Å²) in [5.41, 5.74) is 1.03. The maximum atomic E-state index is 14.1. The molecule has 2 unspecified atom stereocenters. The van der Waals surface area contributed by atoms with Crippen LogP contribution in [0, 0.1) is 0 Å². The summed E-state index contributed by atoms with van der Waals surface area (Å²) in [7, 11) is -4.21. The fourth-order valence-corrected chi connectivity index (χ4v) is 6.49. The molecule has 0 fully saturated rings. The molecule has 3 aromatic rings. The number of ether oxygens (including phenoxy) is 1. The molecule has 0 aliphatic carbocycles. The van der Waals surface area contributed by atoms with Crippen LogP contribution in [0.2, 0.25) is 0 Å². The summed E-state index contributed by atoms with van der Waals surface area (Å²) in [4.78, 5) is 29.7. The molecular weight excluding hydrogens is 638 g/mol. The minimum atomic E-state index is -4.21. The molecule has 8 nitrogen and oxygen atoms in total. The van der Waals surface area contributed by atoms with Crippen LogP contribution in [-0.4, -0.2) is 56.6 Å². The summed E-state index contributed by atoms with van der Waals surface area (Å²) in [6.45, 7) is 7.20. The zero-order chi connectivity index (χ0) is 30.9. The first-order valence-electron chi connectivity index (χ1n) is 13.7. The van der Waals surface area contributed by atoms with Crippen molar-refractivity contribution >= 4 is 55.2 Å². The quantitative estimate of drug-likeness (QED) is 0.208. The van der Waals surface area contributed by atoms with Crippen molar-refractivity contribution in [3.63, 3.8) is 0 Å². The topological polar surface area (TPSA) is 96.0 Å². The van der Waals surface area contributed by atoms with Gasteiger partial charge in [0.2, 0.25) is 11.8 Å². The Morgan fingerprint density at radius 1 is 1.00 bits per heavy atom. The van der Waals surface area contributed by atoms with Crippen LogP contribution in [0.4, 0.5) is 5.69 Å². The van der Waals surface area contributed by atoms with E-state index in [-0.39, 0.29) is 29.1 Å². The molecule has 3 rings (SSSR count). The van der Waals surface area contributed by atoms with E-state index in [2.05, 4.69) is 21.2 Å².